The van der Waals surface area contributed by atoms with E-state index in [1.807, 2.05) is 0 Å². The maximum Gasteiger partial charge on any atom is 0.337 e. The third-order valence-corrected chi connectivity index (χ3v) is 3.31. The van der Waals surface area contributed by atoms with Crippen molar-refractivity contribution < 1.29 is 9.90 Å². The molecule has 0 bridgehead atoms. The Hall–Kier alpha value is -1.91. The predicted molar refractivity (Wildman–Crippen MR) is 77.6 cm³/mol. The van der Waals surface area contributed by atoms with Crippen molar-refractivity contribution in [2.24, 2.45) is 0 Å². The first-order valence-electron chi connectivity index (χ1n) is 5.33. The number of benzene rings is 2. The Morgan fingerprint density at radius 1 is 1.16 bits per heavy atom. The van der Waals surface area contributed by atoms with Crippen LogP contribution in [0, 0.1) is 0 Å². The summed E-state index contributed by atoms with van der Waals surface area (Å²) in [5, 5.41) is 12.7. The Bertz CT molecular complexity index is 645. The van der Waals surface area contributed by atoms with Crippen LogP contribution in [-0.2, 0) is 0 Å². The van der Waals surface area contributed by atoms with E-state index in [2.05, 4.69) is 5.32 Å². The fraction of sp³-hybridized carbons (Fsp3) is 0. The number of halogens is 2. The summed E-state index contributed by atoms with van der Waals surface area (Å²) in [5.74, 6) is -1.05. The smallest absolute Gasteiger partial charge is 0.337 e. The van der Waals surface area contributed by atoms with Gasteiger partial charge in [-0.1, -0.05) is 29.3 Å². The maximum atomic E-state index is 11.1. The number of carbonyl (C=O) groups is 1. The first kappa shape index (κ1) is 13.5. The standard InChI is InChI=1S/C13H10Cl2N2O2/c14-9-2-1-3-10(12(9)15)17-11-6-7(16)4-5-8(11)13(18)19/h1-6,17H,16H2,(H,18,19). The highest BCUT2D eigenvalue weighted by molar-refractivity contribution is 6.43. The van der Waals surface area contributed by atoms with Crippen LogP contribution in [0.15, 0.2) is 36.4 Å². The Kier molecular flexibility index (Phi) is 3.83. The maximum absolute atomic E-state index is 11.1. The number of rotatable bonds is 3. The highest BCUT2D eigenvalue weighted by atomic mass is 35.5. The van der Waals surface area contributed by atoms with E-state index in [1.165, 1.54) is 18.2 Å². The number of hydrogen-bond donors (Lipinski definition) is 3. The molecule has 0 aliphatic heterocycles. The van der Waals surface area contributed by atoms with Crippen LogP contribution in [0.3, 0.4) is 0 Å². The zero-order valence-electron chi connectivity index (χ0n) is 9.65. The first-order chi connectivity index (χ1) is 8.99. The second-order valence-corrected chi connectivity index (χ2v) is 4.62. The van der Waals surface area contributed by atoms with Crippen LogP contribution in [0.2, 0.25) is 10.0 Å². The largest absolute Gasteiger partial charge is 0.478 e. The van der Waals surface area contributed by atoms with Crippen molar-refractivity contribution in [3.8, 4) is 0 Å². The Labute approximate surface area is 119 Å². The molecule has 0 aliphatic rings. The van der Waals surface area contributed by atoms with Gasteiger partial charge >= 0.3 is 5.97 Å². The molecule has 0 radical (unpaired) electrons. The van der Waals surface area contributed by atoms with Crippen molar-refractivity contribution in [2.45, 2.75) is 0 Å². The van der Waals surface area contributed by atoms with Gasteiger partial charge in [-0.15, -0.1) is 0 Å². The molecular weight excluding hydrogens is 287 g/mol. The fourth-order valence-electron chi connectivity index (χ4n) is 1.60. The van der Waals surface area contributed by atoms with Crippen molar-refractivity contribution in [2.75, 3.05) is 11.1 Å². The molecule has 2 aromatic rings. The number of aromatic carboxylic acids is 1. The van der Waals surface area contributed by atoms with Gasteiger partial charge in [-0.3, -0.25) is 0 Å². The number of anilines is 3. The minimum Gasteiger partial charge on any atom is -0.478 e. The van der Waals surface area contributed by atoms with Gasteiger partial charge in [0.15, 0.2) is 0 Å². The summed E-state index contributed by atoms with van der Waals surface area (Å²) in [7, 11) is 0. The quantitative estimate of drug-likeness (QED) is 0.748. The summed E-state index contributed by atoms with van der Waals surface area (Å²) in [4.78, 5) is 11.1. The van der Waals surface area contributed by atoms with Crippen LogP contribution < -0.4 is 11.1 Å². The molecule has 6 heteroatoms. The van der Waals surface area contributed by atoms with Crippen LogP contribution in [0.5, 0.6) is 0 Å². The fourth-order valence-corrected chi connectivity index (χ4v) is 1.94. The van der Waals surface area contributed by atoms with Gasteiger partial charge in [-0.25, -0.2) is 4.79 Å². The van der Waals surface area contributed by atoms with Gasteiger partial charge in [-0.2, -0.15) is 0 Å². The van der Waals surface area contributed by atoms with Crippen LogP contribution in [0.1, 0.15) is 10.4 Å². The molecule has 4 N–H and O–H groups in total. The number of nitrogens with one attached hydrogen (secondary N) is 1. The lowest BCUT2D eigenvalue weighted by molar-refractivity contribution is 0.0698. The third kappa shape index (κ3) is 2.92. The zero-order chi connectivity index (χ0) is 14.0. The SMILES string of the molecule is Nc1ccc(C(=O)O)c(Nc2cccc(Cl)c2Cl)c1. The number of carboxylic acid groups (broad SMARTS) is 1. The molecular formula is C13H10Cl2N2O2. The average molecular weight is 297 g/mol. The topological polar surface area (TPSA) is 75.4 Å². The van der Waals surface area contributed by atoms with Crippen molar-refractivity contribution in [1.82, 2.24) is 0 Å². The van der Waals surface area contributed by atoms with Crippen LogP contribution >= 0.6 is 23.2 Å². The molecule has 0 heterocycles. The van der Waals surface area contributed by atoms with Gasteiger partial charge in [0, 0.05) is 5.69 Å². The van der Waals surface area contributed by atoms with Crippen molar-refractivity contribution in [3.63, 3.8) is 0 Å². The second-order valence-electron chi connectivity index (χ2n) is 3.84. The Morgan fingerprint density at radius 3 is 2.58 bits per heavy atom. The van der Waals surface area contributed by atoms with Gasteiger partial charge in [0.05, 0.1) is 27.0 Å². The lowest BCUT2D eigenvalue weighted by atomic mass is 10.1. The van der Waals surface area contributed by atoms with E-state index in [-0.39, 0.29) is 5.56 Å². The van der Waals surface area contributed by atoms with Crippen molar-refractivity contribution >= 4 is 46.2 Å². The summed E-state index contributed by atoms with van der Waals surface area (Å²) >= 11 is 11.9. The normalized spacial score (nSPS) is 10.2. The minimum atomic E-state index is -1.05. The van der Waals surface area contributed by atoms with Crippen LogP contribution in [0.25, 0.3) is 0 Å². The van der Waals surface area contributed by atoms with E-state index >= 15 is 0 Å². The zero-order valence-corrected chi connectivity index (χ0v) is 11.2. The summed E-state index contributed by atoms with van der Waals surface area (Å²) in [6.45, 7) is 0. The lowest BCUT2D eigenvalue weighted by Gasteiger charge is -2.12. The number of carboxylic acids is 1. The molecule has 0 spiro atoms. The molecule has 2 aromatic carbocycles. The van der Waals surface area contributed by atoms with E-state index in [9.17, 15) is 4.79 Å². The molecule has 0 atom stereocenters. The molecule has 19 heavy (non-hydrogen) atoms. The van der Waals surface area contributed by atoms with Gasteiger partial charge in [0.25, 0.3) is 0 Å². The summed E-state index contributed by atoms with van der Waals surface area (Å²) in [5.41, 5.74) is 7.08. The van der Waals surface area contributed by atoms with Gasteiger partial charge < -0.3 is 16.2 Å². The summed E-state index contributed by atoms with van der Waals surface area (Å²) in [6, 6.07) is 9.53. The Balaban J connectivity index is 2.45. The molecule has 4 nitrogen and oxygen atoms in total. The predicted octanol–water partition coefficient (Wildman–Crippen LogP) is 4.02. The van der Waals surface area contributed by atoms with E-state index in [4.69, 9.17) is 34.0 Å². The number of hydrogen-bond acceptors (Lipinski definition) is 3. The van der Waals surface area contributed by atoms with Gasteiger partial charge in [-0.05, 0) is 30.3 Å². The second kappa shape index (κ2) is 5.38. The third-order valence-electron chi connectivity index (χ3n) is 2.49. The molecule has 0 fully saturated rings. The summed E-state index contributed by atoms with van der Waals surface area (Å²) in [6.07, 6.45) is 0. The first-order valence-corrected chi connectivity index (χ1v) is 6.08. The highest BCUT2D eigenvalue weighted by Gasteiger charge is 2.12. The monoisotopic (exact) mass is 296 g/mol. The molecule has 0 saturated carbocycles. The van der Waals surface area contributed by atoms with E-state index in [0.717, 1.165) is 0 Å². The minimum absolute atomic E-state index is 0.102. The number of nitrogens with two attached hydrogens (primary N) is 1. The molecule has 0 aliphatic carbocycles. The molecule has 0 saturated heterocycles. The van der Waals surface area contributed by atoms with E-state index in [1.54, 1.807) is 18.2 Å². The van der Waals surface area contributed by atoms with Gasteiger partial charge in [0.1, 0.15) is 0 Å². The lowest BCUT2D eigenvalue weighted by Crippen LogP contribution is -2.04. The molecule has 0 amide bonds. The average Bonchev–Trinajstić information content (AvgIpc) is 2.35. The Morgan fingerprint density at radius 2 is 1.89 bits per heavy atom. The van der Waals surface area contributed by atoms with E-state index in [0.29, 0.717) is 27.1 Å². The highest BCUT2D eigenvalue weighted by Crippen LogP contribution is 2.33. The molecule has 0 unspecified atom stereocenters. The summed E-state index contributed by atoms with van der Waals surface area (Å²) < 4.78 is 0. The van der Waals surface area contributed by atoms with Crippen LogP contribution in [-0.4, -0.2) is 11.1 Å². The number of nitrogen functional groups attached to an aromatic ring is 1. The molecule has 2 rings (SSSR count). The molecule has 0 aromatic heterocycles. The van der Waals surface area contributed by atoms with Gasteiger partial charge in [0.2, 0.25) is 0 Å². The van der Waals surface area contributed by atoms with E-state index < -0.39 is 5.97 Å². The van der Waals surface area contributed by atoms with Crippen molar-refractivity contribution in [3.05, 3.63) is 52.0 Å². The van der Waals surface area contributed by atoms with Crippen LogP contribution in [0.4, 0.5) is 17.1 Å². The van der Waals surface area contributed by atoms with Crippen molar-refractivity contribution in [1.29, 1.82) is 0 Å². The molecule has 98 valence electrons.